The predicted molar refractivity (Wildman–Crippen MR) is 62.7 cm³/mol. The van der Waals surface area contributed by atoms with Crippen molar-refractivity contribution >= 4 is 16.1 Å². The summed E-state index contributed by atoms with van der Waals surface area (Å²) >= 11 is 0. The molecule has 0 saturated carbocycles. The summed E-state index contributed by atoms with van der Waals surface area (Å²) in [5, 5.41) is 2.77. The van der Waals surface area contributed by atoms with E-state index in [1.807, 2.05) is 0 Å². The summed E-state index contributed by atoms with van der Waals surface area (Å²) in [6, 6.07) is 0. The molecule has 0 bridgehead atoms. The molecule has 0 saturated heterocycles. The lowest BCUT2D eigenvalue weighted by atomic mass is 10.4. The van der Waals surface area contributed by atoms with Gasteiger partial charge in [-0.15, -0.1) is 0 Å². The number of sulfone groups is 1. The minimum Gasteiger partial charge on any atom is -0.433 e. The van der Waals surface area contributed by atoms with Crippen LogP contribution in [0, 0.1) is 0 Å². The third-order valence-corrected chi connectivity index (χ3v) is 3.53. The molecule has 0 spiro atoms. The van der Waals surface area contributed by atoms with Gasteiger partial charge in [0.1, 0.15) is 12.9 Å². The zero-order valence-electron chi connectivity index (χ0n) is 10.3. The van der Waals surface area contributed by atoms with E-state index in [9.17, 15) is 21.6 Å². The Morgan fingerprint density at radius 1 is 1.50 bits per heavy atom. The van der Waals surface area contributed by atoms with Gasteiger partial charge in [0.25, 0.3) is 0 Å². The lowest BCUT2D eigenvalue weighted by Crippen LogP contribution is -2.07. The second-order valence-corrected chi connectivity index (χ2v) is 5.49. The van der Waals surface area contributed by atoms with Gasteiger partial charge in [0.05, 0.1) is 18.2 Å². The Hall–Kier alpha value is -1.84. The Labute approximate surface area is 112 Å². The molecule has 0 atom stereocenters. The highest BCUT2D eigenvalue weighted by atomic mass is 32.2. The highest BCUT2D eigenvalue weighted by molar-refractivity contribution is 7.91. The van der Waals surface area contributed by atoms with Crippen molar-refractivity contribution in [2.75, 3.05) is 12.9 Å². The van der Waals surface area contributed by atoms with Gasteiger partial charge in [-0.25, -0.2) is 17.8 Å². The number of rotatable bonds is 7. The largest absolute Gasteiger partial charge is 0.433 e. The van der Waals surface area contributed by atoms with Crippen LogP contribution in [0.15, 0.2) is 32.9 Å². The van der Waals surface area contributed by atoms with E-state index < -0.39 is 39.1 Å². The maximum atomic E-state index is 12.6. The summed E-state index contributed by atoms with van der Waals surface area (Å²) in [5.74, 6) is -2.44. The second kappa shape index (κ2) is 7.08. The predicted octanol–water partition coefficient (Wildman–Crippen LogP) is 2.09. The van der Waals surface area contributed by atoms with Crippen LogP contribution in [0.5, 0.6) is 0 Å². The van der Waals surface area contributed by atoms with Crippen molar-refractivity contribution in [2.45, 2.75) is 18.1 Å². The molecular weight excluding hydrogens is 301 g/mol. The van der Waals surface area contributed by atoms with Gasteiger partial charge in [-0.2, -0.15) is 8.78 Å². The van der Waals surface area contributed by atoms with Crippen LogP contribution in [-0.4, -0.2) is 32.5 Å². The van der Waals surface area contributed by atoms with Crippen LogP contribution in [0.3, 0.4) is 0 Å². The summed E-state index contributed by atoms with van der Waals surface area (Å²) in [4.78, 5) is 7.90. The second-order valence-electron chi connectivity index (χ2n) is 3.50. The van der Waals surface area contributed by atoms with Crippen LogP contribution in [0.25, 0.3) is 0 Å². The molecule has 1 aromatic rings. The summed E-state index contributed by atoms with van der Waals surface area (Å²) in [5.41, 5.74) is 0. The minimum atomic E-state index is -4.06. The molecule has 1 aromatic heterocycles. The molecule has 0 fully saturated rings. The van der Waals surface area contributed by atoms with Crippen molar-refractivity contribution in [1.82, 2.24) is 4.98 Å². The number of hydrogen-bond donors (Lipinski definition) is 0. The molecule has 1 rings (SSSR count). The van der Waals surface area contributed by atoms with Crippen LogP contribution in [0.2, 0.25) is 0 Å². The van der Waals surface area contributed by atoms with Gasteiger partial charge in [0.15, 0.2) is 5.83 Å². The quantitative estimate of drug-likeness (QED) is 0.569. The van der Waals surface area contributed by atoms with E-state index in [-0.39, 0.29) is 12.2 Å². The van der Waals surface area contributed by atoms with Crippen LogP contribution in [-0.2, 0) is 21.1 Å². The molecule has 112 valence electrons. The summed E-state index contributed by atoms with van der Waals surface area (Å²) < 4.78 is 64.4. The zero-order chi connectivity index (χ0) is 15.2. The summed E-state index contributed by atoms with van der Waals surface area (Å²) in [6.07, 6.45) is -0.866. The number of oxime groups is 1. The highest BCUT2D eigenvalue weighted by Gasteiger charge is 2.22. The van der Waals surface area contributed by atoms with E-state index in [1.54, 1.807) is 0 Å². The van der Waals surface area contributed by atoms with E-state index >= 15 is 0 Å². The number of oxazole rings is 1. The summed E-state index contributed by atoms with van der Waals surface area (Å²) in [6.45, 7) is 0. The molecule has 0 amide bonds. The zero-order valence-corrected chi connectivity index (χ0v) is 11.2. The lowest BCUT2D eigenvalue weighted by molar-refractivity contribution is 0.214. The standard InChI is InChI=1S/C10H11F3N2O4S/c1-18-15-4-2-7-6-14-10(19-7)20(16,17)5-3-8(11)9(12)13/h4,6H,2-3,5H2,1H3/b15-4+. The number of nitrogens with zero attached hydrogens (tertiary/aromatic N) is 2. The van der Waals surface area contributed by atoms with Crippen molar-refractivity contribution in [2.24, 2.45) is 5.16 Å². The lowest BCUT2D eigenvalue weighted by Gasteiger charge is -1.98. The fourth-order valence-electron chi connectivity index (χ4n) is 1.14. The van der Waals surface area contributed by atoms with Gasteiger partial charge in [0.2, 0.25) is 9.84 Å². The van der Waals surface area contributed by atoms with E-state index in [2.05, 4.69) is 15.0 Å². The first kappa shape index (κ1) is 16.2. The van der Waals surface area contributed by atoms with Crippen molar-refractivity contribution in [3.63, 3.8) is 0 Å². The molecular formula is C10H11F3N2O4S. The SMILES string of the molecule is CO/N=C/Cc1cnc(S(=O)(=O)CCC(F)=C(F)F)o1. The van der Waals surface area contributed by atoms with Crippen molar-refractivity contribution < 1.29 is 30.8 Å². The summed E-state index contributed by atoms with van der Waals surface area (Å²) in [7, 11) is -2.73. The van der Waals surface area contributed by atoms with Crippen molar-refractivity contribution in [1.29, 1.82) is 0 Å². The monoisotopic (exact) mass is 312 g/mol. The Morgan fingerprint density at radius 3 is 2.80 bits per heavy atom. The Kier molecular flexibility index (Phi) is 5.74. The smallest absolute Gasteiger partial charge is 0.315 e. The van der Waals surface area contributed by atoms with Gasteiger partial charge >= 0.3 is 11.3 Å². The molecule has 0 aliphatic carbocycles. The molecule has 6 nitrogen and oxygen atoms in total. The van der Waals surface area contributed by atoms with E-state index in [4.69, 9.17) is 4.42 Å². The van der Waals surface area contributed by atoms with Gasteiger partial charge < -0.3 is 9.25 Å². The van der Waals surface area contributed by atoms with Crippen molar-refractivity contribution in [3.05, 3.63) is 23.9 Å². The minimum absolute atomic E-state index is 0.143. The first-order valence-corrected chi connectivity index (χ1v) is 6.94. The fourth-order valence-corrected chi connectivity index (χ4v) is 2.21. The number of halogens is 3. The maximum Gasteiger partial charge on any atom is 0.315 e. The topological polar surface area (TPSA) is 81.8 Å². The Bertz CT molecular complexity index is 606. The van der Waals surface area contributed by atoms with Crippen LogP contribution in [0.4, 0.5) is 13.2 Å². The van der Waals surface area contributed by atoms with Crippen LogP contribution < -0.4 is 0 Å². The third kappa shape index (κ3) is 4.68. The van der Waals surface area contributed by atoms with Crippen molar-refractivity contribution in [3.8, 4) is 0 Å². The van der Waals surface area contributed by atoms with Crippen LogP contribution in [0.1, 0.15) is 12.2 Å². The van der Waals surface area contributed by atoms with Gasteiger partial charge in [-0.1, -0.05) is 5.16 Å². The third-order valence-electron chi connectivity index (χ3n) is 2.07. The molecule has 0 aromatic carbocycles. The van der Waals surface area contributed by atoms with E-state index in [0.29, 0.717) is 0 Å². The maximum absolute atomic E-state index is 12.6. The average molecular weight is 312 g/mol. The Morgan fingerprint density at radius 2 is 2.20 bits per heavy atom. The molecule has 0 aliphatic rings. The van der Waals surface area contributed by atoms with Gasteiger partial charge in [-0.05, 0) is 0 Å². The molecule has 0 unspecified atom stereocenters. The van der Waals surface area contributed by atoms with E-state index in [0.717, 1.165) is 6.20 Å². The van der Waals surface area contributed by atoms with Crippen LogP contribution >= 0.6 is 0 Å². The van der Waals surface area contributed by atoms with E-state index in [1.165, 1.54) is 13.3 Å². The molecule has 0 N–H and O–H groups in total. The number of hydrogen-bond acceptors (Lipinski definition) is 6. The Balaban J connectivity index is 2.73. The van der Waals surface area contributed by atoms with Gasteiger partial charge in [-0.3, -0.25) is 0 Å². The number of allylic oxidation sites excluding steroid dienone is 1. The average Bonchev–Trinajstić information content (AvgIpc) is 2.86. The van der Waals surface area contributed by atoms with Gasteiger partial charge in [0, 0.05) is 12.8 Å². The number of aromatic nitrogens is 1. The molecule has 20 heavy (non-hydrogen) atoms. The highest BCUT2D eigenvalue weighted by Crippen LogP contribution is 2.18. The first-order chi connectivity index (χ1) is 9.36. The first-order valence-electron chi connectivity index (χ1n) is 5.29. The molecule has 0 radical (unpaired) electrons. The molecule has 1 heterocycles. The molecule has 10 heteroatoms. The fraction of sp³-hybridized carbons (Fsp3) is 0.400. The normalized spacial score (nSPS) is 11.8. The molecule has 0 aliphatic heterocycles.